The molecule has 0 aliphatic heterocycles. The van der Waals surface area contributed by atoms with Crippen LogP contribution in [0.1, 0.15) is 5.76 Å². The highest BCUT2D eigenvalue weighted by Crippen LogP contribution is 2.03. The Hall–Kier alpha value is -1.39. The van der Waals surface area contributed by atoms with Gasteiger partial charge in [-0.3, -0.25) is 4.79 Å². The molecule has 1 aromatic rings. The quantitative estimate of drug-likeness (QED) is 0.528. The van der Waals surface area contributed by atoms with Crippen LogP contribution in [0.25, 0.3) is 6.08 Å². The second kappa shape index (κ2) is 5.36. The molecule has 0 saturated heterocycles. The number of ketones is 1. The molecule has 0 spiro atoms. The maximum Gasteiger partial charge on any atom is 0.221 e. The standard InChI is InChI=1S/C10H12O4/c1-12-10(13-2)9(11)6-5-8-4-3-7-14-8/h3-7,10H,1-2H3/b6-5+. The van der Waals surface area contributed by atoms with Crippen molar-refractivity contribution in [1.29, 1.82) is 0 Å². The zero-order valence-corrected chi connectivity index (χ0v) is 8.10. The average molecular weight is 196 g/mol. The minimum Gasteiger partial charge on any atom is -0.465 e. The molecule has 0 aromatic carbocycles. The van der Waals surface area contributed by atoms with Crippen LogP contribution in [0.15, 0.2) is 28.9 Å². The van der Waals surface area contributed by atoms with Gasteiger partial charge in [-0.25, -0.2) is 0 Å². The first-order valence-electron chi connectivity index (χ1n) is 4.09. The Morgan fingerprint density at radius 1 is 1.50 bits per heavy atom. The van der Waals surface area contributed by atoms with Gasteiger partial charge in [0.25, 0.3) is 0 Å². The lowest BCUT2D eigenvalue weighted by Crippen LogP contribution is -2.22. The summed E-state index contributed by atoms with van der Waals surface area (Å²) in [6, 6.07) is 3.49. The molecule has 0 saturated carbocycles. The average Bonchev–Trinajstić information content (AvgIpc) is 2.69. The smallest absolute Gasteiger partial charge is 0.221 e. The highest BCUT2D eigenvalue weighted by molar-refractivity contribution is 5.95. The molecule has 4 heteroatoms. The normalized spacial score (nSPS) is 11.4. The first-order valence-corrected chi connectivity index (χ1v) is 4.09. The van der Waals surface area contributed by atoms with E-state index in [0.717, 1.165) is 0 Å². The van der Waals surface area contributed by atoms with Crippen LogP contribution in [-0.2, 0) is 14.3 Å². The maximum absolute atomic E-state index is 11.3. The molecule has 0 aliphatic rings. The second-order valence-electron chi connectivity index (χ2n) is 2.55. The fourth-order valence-electron chi connectivity index (χ4n) is 0.957. The third-order valence-corrected chi connectivity index (χ3v) is 1.62. The topological polar surface area (TPSA) is 48.7 Å². The van der Waals surface area contributed by atoms with Crippen LogP contribution in [0, 0.1) is 0 Å². The molecule has 1 rings (SSSR count). The molecule has 0 N–H and O–H groups in total. The third-order valence-electron chi connectivity index (χ3n) is 1.62. The Balaban J connectivity index is 2.55. The van der Waals surface area contributed by atoms with Gasteiger partial charge < -0.3 is 13.9 Å². The predicted octanol–water partition coefficient (Wildman–Crippen LogP) is 1.48. The van der Waals surface area contributed by atoms with Gasteiger partial charge in [0.15, 0.2) is 0 Å². The summed E-state index contributed by atoms with van der Waals surface area (Å²) >= 11 is 0. The first-order chi connectivity index (χ1) is 6.77. The van der Waals surface area contributed by atoms with E-state index < -0.39 is 6.29 Å². The number of rotatable bonds is 5. The van der Waals surface area contributed by atoms with Crippen LogP contribution in [0.4, 0.5) is 0 Å². The molecule has 4 nitrogen and oxygen atoms in total. The first kappa shape index (κ1) is 10.7. The molecule has 0 fully saturated rings. The number of ether oxygens (including phenoxy) is 2. The van der Waals surface area contributed by atoms with Crippen molar-refractivity contribution < 1.29 is 18.7 Å². The fourth-order valence-corrected chi connectivity index (χ4v) is 0.957. The van der Waals surface area contributed by atoms with Gasteiger partial charge >= 0.3 is 0 Å². The minimum atomic E-state index is -0.846. The van der Waals surface area contributed by atoms with Gasteiger partial charge in [-0.05, 0) is 24.3 Å². The van der Waals surface area contributed by atoms with Crippen molar-refractivity contribution >= 4 is 11.9 Å². The second-order valence-corrected chi connectivity index (χ2v) is 2.55. The molecular formula is C10H12O4. The van der Waals surface area contributed by atoms with Gasteiger partial charge in [0, 0.05) is 14.2 Å². The van der Waals surface area contributed by atoms with Crippen molar-refractivity contribution in [1.82, 2.24) is 0 Å². The number of hydrogen-bond donors (Lipinski definition) is 0. The summed E-state index contributed by atoms with van der Waals surface area (Å²) in [6.07, 6.45) is 3.61. The van der Waals surface area contributed by atoms with Crippen LogP contribution in [0.3, 0.4) is 0 Å². The number of furan rings is 1. The van der Waals surface area contributed by atoms with Gasteiger partial charge in [-0.1, -0.05) is 0 Å². The Bertz CT molecular complexity index is 296. The highest BCUT2D eigenvalue weighted by Gasteiger charge is 2.12. The van der Waals surface area contributed by atoms with Gasteiger partial charge in [0.05, 0.1) is 6.26 Å². The number of carbonyl (C=O) groups excluding carboxylic acids is 1. The Kier molecular flexibility index (Phi) is 4.10. The van der Waals surface area contributed by atoms with Crippen molar-refractivity contribution in [2.45, 2.75) is 6.29 Å². The van der Waals surface area contributed by atoms with E-state index in [0.29, 0.717) is 5.76 Å². The molecule has 0 amide bonds. The monoisotopic (exact) mass is 196 g/mol. The fraction of sp³-hybridized carbons (Fsp3) is 0.300. The van der Waals surface area contributed by atoms with Gasteiger partial charge in [0.2, 0.25) is 12.1 Å². The van der Waals surface area contributed by atoms with Crippen LogP contribution in [0.5, 0.6) is 0 Å². The van der Waals surface area contributed by atoms with Crippen LogP contribution in [-0.4, -0.2) is 26.3 Å². The molecule has 0 bridgehead atoms. The predicted molar refractivity (Wildman–Crippen MR) is 50.6 cm³/mol. The molecular weight excluding hydrogens is 184 g/mol. The van der Waals surface area contributed by atoms with Crippen molar-refractivity contribution in [2.24, 2.45) is 0 Å². The number of methoxy groups -OCH3 is 2. The lowest BCUT2D eigenvalue weighted by Gasteiger charge is -2.08. The third kappa shape index (κ3) is 2.83. The molecule has 14 heavy (non-hydrogen) atoms. The lowest BCUT2D eigenvalue weighted by atomic mass is 10.3. The number of hydrogen-bond acceptors (Lipinski definition) is 4. The van der Waals surface area contributed by atoms with E-state index in [1.54, 1.807) is 18.2 Å². The molecule has 0 radical (unpaired) electrons. The van der Waals surface area contributed by atoms with Gasteiger partial charge in [-0.15, -0.1) is 0 Å². The van der Waals surface area contributed by atoms with E-state index in [4.69, 9.17) is 13.9 Å². The molecule has 0 aliphatic carbocycles. The lowest BCUT2D eigenvalue weighted by molar-refractivity contribution is -0.151. The van der Waals surface area contributed by atoms with Crippen molar-refractivity contribution in [3.63, 3.8) is 0 Å². The van der Waals surface area contributed by atoms with Crippen LogP contribution in [0.2, 0.25) is 0 Å². The molecule has 76 valence electrons. The Labute approximate surface area is 82.1 Å². The van der Waals surface area contributed by atoms with E-state index >= 15 is 0 Å². The summed E-state index contributed by atoms with van der Waals surface area (Å²) in [5.41, 5.74) is 0. The van der Waals surface area contributed by atoms with E-state index in [2.05, 4.69) is 0 Å². The Morgan fingerprint density at radius 2 is 2.21 bits per heavy atom. The molecule has 1 aromatic heterocycles. The van der Waals surface area contributed by atoms with Crippen molar-refractivity contribution in [2.75, 3.05) is 14.2 Å². The van der Waals surface area contributed by atoms with E-state index in [1.807, 2.05) is 0 Å². The Morgan fingerprint density at radius 3 is 2.71 bits per heavy atom. The van der Waals surface area contributed by atoms with Crippen molar-refractivity contribution in [3.05, 3.63) is 30.2 Å². The zero-order valence-electron chi connectivity index (χ0n) is 8.10. The summed E-state index contributed by atoms with van der Waals surface area (Å²) in [6.45, 7) is 0. The summed E-state index contributed by atoms with van der Waals surface area (Å²) in [5.74, 6) is 0.357. The number of carbonyl (C=O) groups is 1. The summed E-state index contributed by atoms with van der Waals surface area (Å²) < 4.78 is 14.6. The largest absolute Gasteiger partial charge is 0.465 e. The summed E-state index contributed by atoms with van der Waals surface area (Å²) in [4.78, 5) is 11.3. The molecule has 0 unspecified atom stereocenters. The minimum absolute atomic E-state index is 0.258. The van der Waals surface area contributed by atoms with Crippen molar-refractivity contribution in [3.8, 4) is 0 Å². The maximum atomic E-state index is 11.3. The van der Waals surface area contributed by atoms with E-state index in [9.17, 15) is 4.79 Å². The molecule has 0 atom stereocenters. The highest BCUT2D eigenvalue weighted by atomic mass is 16.7. The summed E-state index contributed by atoms with van der Waals surface area (Å²) in [7, 11) is 2.82. The van der Waals surface area contributed by atoms with Gasteiger partial charge in [0.1, 0.15) is 5.76 Å². The van der Waals surface area contributed by atoms with E-state index in [-0.39, 0.29) is 5.78 Å². The SMILES string of the molecule is COC(OC)C(=O)/C=C/c1ccco1. The van der Waals surface area contributed by atoms with Gasteiger partial charge in [-0.2, -0.15) is 0 Å². The summed E-state index contributed by atoms with van der Waals surface area (Å²) in [5, 5.41) is 0. The van der Waals surface area contributed by atoms with Crippen LogP contribution >= 0.6 is 0 Å². The van der Waals surface area contributed by atoms with Crippen LogP contribution < -0.4 is 0 Å². The van der Waals surface area contributed by atoms with E-state index in [1.165, 1.54) is 26.6 Å². The molecule has 1 heterocycles. The zero-order chi connectivity index (χ0) is 10.4.